The van der Waals surface area contributed by atoms with Crippen molar-refractivity contribution in [3.8, 4) is 0 Å². The van der Waals surface area contributed by atoms with Gasteiger partial charge in [-0.2, -0.15) is 0 Å². The van der Waals surface area contributed by atoms with Crippen LogP contribution in [0, 0.1) is 41.4 Å². The van der Waals surface area contributed by atoms with Crippen molar-refractivity contribution in [3.05, 3.63) is 29.6 Å². The molecule has 0 saturated carbocycles. The minimum Gasteiger partial charge on any atom is -0.461 e. The van der Waals surface area contributed by atoms with Crippen molar-refractivity contribution in [2.75, 3.05) is 95.3 Å². The molecule has 2 aliphatic heterocycles. The number of nitrogens with one attached hydrogen (secondary N) is 5. The molecule has 0 radical (unpaired) electrons. The molecule has 29 nitrogen and oxygen atoms in total. The maximum Gasteiger partial charge on any atom is 0.338 e. The number of carbonyl (C=O) groups excluding carboxylic acids is 12. The number of hydrogen-bond acceptors (Lipinski definition) is 17. The topological polar surface area (TPSA) is 346 Å². The second kappa shape index (κ2) is 39.2. The lowest BCUT2D eigenvalue weighted by atomic mass is 9.91. The summed E-state index contributed by atoms with van der Waals surface area (Å²) in [5.41, 5.74) is 1.24. The molecule has 3 heterocycles. The van der Waals surface area contributed by atoms with Crippen molar-refractivity contribution in [1.29, 1.82) is 0 Å². The number of fused-ring (bicyclic) bond motifs is 1. The van der Waals surface area contributed by atoms with E-state index >= 15 is 19.2 Å². The van der Waals surface area contributed by atoms with E-state index in [9.17, 15) is 43.5 Å². The van der Waals surface area contributed by atoms with Crippen LogP contribution in [0.2, 0.25) is 0 Å². The second-order valence-electron chi connectivity index (χ2n) is 30.5. The van der Waals surface area contributed by atoms with Crippen molar-refractivity contribution in [2.45, 2.75) is 216 Å². The van der Waals surface area contributed by atoms with Crippen LogP contribution in [0.4, 0.5) is 0 Å². The molecule has 29 heteroatoms. The summed E-state index contributed by atoms with van der Waals surface area (Å²) >= 11 is 0. The van der Waals surface area contributed by atoms with Gasteiger partial charge in [-0.05, 0) is 106 Å². The monoisotopic (exact) mass is 1430 g/mol. The van der Waals surface area contributed by atoms with Gasteiger partial charge < -0.3 is 75.1 Å². The summed E-state index contributed by atoms with van der Waals surface area (Å²) in [6, 6.07) is -8.07. The summed E-state index contributed by atoms with van der Waals surface area (Å²) in [5.74, 6) is -10.8. The van der Waals surface area contributed by atoms with Gasteiger partial charge in [0.2, 0.25) is 65.0 Å². The number of imidazole rings is 1. The highest BCUT2D eigenvalue weighted by molar-refractivity contribution is 6.00. The first-order valence-corrected chi connectivity index (χ1v) is 36.3. The first-order chi connectivity index (χ1) is 47.6. The quantitative estimate of drug-likeness (QED) is 0.110. The van der Waals surface area contributed by atoms with Crippen LogP contribution >= 0.6 is 0 Å². The summed E-state index contributed by atoms with van der Waals surface area (Å²) in [4.78, 5) is 194. The fourth-order valence-electron chi connectivity index (χ4n) is 13.1. The number of aliphatic hydroxyl groups excluding tert-OH is 1. The highest BCUT2D eigenvalue weighted by atomic mass is 16.5. The van der Waals surface area contributed by atoms with Crippen molar-refractivity contribution in [2.24, 2.45) is 41.4 Å². The number of nitrogens with zero attached hydrogens (tertiary/aromatic N) is 9. The zero-order valence-electron chi connectivity index (χ0n) is 65.0. The number of hydrogen-bond donors (Lipinski definition) is 6. The van der Waals surface area contributed by atoms with Gasteiger partial charge in [-0.3, -0.25) is 57.6 Å². The van der Waals surface area contributed by atoms with Crippen LogP contribution in [0.1, 0.15) is 159 Å². The van der Waals surface area contributed by atoms with E-state index in [2.05, 4.69) is 31.2 Å². The molecule has 4 rings (SSSR count). The van der Waals surface area contributed by atoms with Gasteiger partial charge in [0.05, 0.1) is 42.5 Å². The molecule has 0 aliphatic carbocycles. The molecule has 2 aliphatic rings. The SMILES string of the molecule is CC[C@@H]1NC(=O)[C@H]([C@H](O)[C@H](C)Cc2nc3cc(C(=O)OCCN4CCOCC4)ccc3[nH]2)N(C)C(=O)[C@H](C(C)C)N(C)C(=O)[C@H](CC(C)C)N(C)C(=O)[C@H](CC(C)C)N(C)C(=O)[C@@H](C)NC(=O)[C@H](C)NC(=O)[C@H](CC(C)C)N(C)C(=O)[C@H](C(C)C)NC(=O)[C@H](CC(C)C)N(C)C(=O)CN(C)C1=O. The number of H-pyrrole nitrogens is 1. The van der Waals surface area contributed by atoms with E-state index in [0.29, 0.717) is 36.6 Å². The molecule has 11 amide bonds. The van der Waals surface area contributed by atoms with Crippen LogP contribution in [0.5, 0.6) is 0 Å². The Kier molecular flexibility index (Phi) is 33.3. The van der Waals surface area contributed by atoms with E-state index in [0.717, 1.165) is 22.9 Å². The third-order valence-corrected chi connectivity index (χ3v) is 19.4. The predicted molar refractivity (Wildman–Crippen MR) is 386 cm³/mol. The lowest BCUT2D eigenvalue weighted by molar-refractivity contribution is -0.157. The van der Waals surface area contributed by atoms with Gasteiger partial charge in [-0.25, -0.2) is 9.78 Å². The molecule has 0 spiro atoms. The molecular weight excluding hydrogens is 1310 g/mol. The first-order valence-electron chi connectivity index (χ1n) is 36.3. The second-order valence-corrected chi connectivity index (χ2v) is 30.5. The Bertz CT molecular complexity index is 3220. The number of benzene rings is 1. The molecule has 6 N–H and O–H groups in total. The van der Waals surface area contributed by atoms with Crippen molar-refractivity contribution in [1.82, 2.24) is 70.4 Å². The number of ether oxygens (including phenoxy) is 2. The smallest absolute Gasteiger partial charge is 0.338 e. The molecule has 2 aromatic rings. The molecular formula is C73H122N14O15. The Labute approximate surface area is 604 Å². The van der Waals surface area contributed by atoms with Crippen LogP contribution in [0.15, 0.2) is 18.2 Å². The molecule has 12 atom stereocenters. The van der Waals surface area contributed by atoms with E-state index in [1.807, 2.05) is 55.4 Å². The molecule has 2 saturated heterocycles. The van der Waals surface area contributed by atoms with E-state index in [1.165, 1.54) is 87.7 Å². The van der Waals surface area contributed by atoms with Gasteiger partial charge in [-0.1, -0.05) is 96.9 Å². The highest BCUT2D eigenvalue weighted by Gasteiger charge is 2.46. The number of rotatable bonds is 19. The number of esters is 1. The van der Waals surface area contributed by atoms with Crippen LogP contribution in [-0.2, 0) is 68.6 Å². The van der Waals surface area contributed by atoms with Crippen LogP contribution in [-0.4, -0.2) is 287 Å². The van der Waals surface area contributed by atoms with Gasteiger partial charge in [0.1, 0.15) is 72.8 Å². The van der Waals surface area contributed by atoms with E-state index in [4.69, 9.17) is 14.5 Å². The standard InChI is InChI=1S/C73H122N14O15/c1-24-50-68(95)80(17)39-58(88)81(18)53(33-40(2)3)65(92)79-59(44(10)11)71(98)82(19)54(34-41(4)5)64(91)74-47(15)63(90)75-48(16)67(94)83(20)55(35-42(6)7)69(96)84(21)56(36-43(8)9)70(97)85(22)60(45(12)13)72(99)86(23)61(66(93)78-50)62(89)46(14)37-57-76-51-26-25-49(38-52(51)77-57)73(100)102-32-29-87-27-30-101-31-28-87/h25-26,38,40-48,50,53-56,59-62,89H,24,27-37,39H2,1-23H3,(H,74,91)(H,75,90)(H,76,77)(H,78,93)(H,79,92)/t46-,47+,48-,50+,53+,54+,55+,56+,59+,60+,61+,62-/m1/s1. The Hall–Kier alpha value is -7.79. The minimum absolute atomic E-state index is 0.0113. The Balaban J connectivity index is 1.88. The molecule has 102 heavy (non-hydrogen) atoms. The van der Waals surface area contributed by atoms with Gasteiger partial charge >= 0.3 is 5.97 Å². The third-order valence-electron chi connectivity index (χ3n) is 19.4. The van der Waals surface area contributed by atoms with Gasteiger partial charge in [0.15, 0.2) is 0 Å². The first kappa shape index (κ1) is 86.6. The molecule has 2 fully saturated rings. The van der Waals surface area contributed by atoms with E-state index in [-0.39, 0.29) is 74.4 Å². The number of carbonyl (C=O) groups is 12. The number of amides is 11. The van der Waals surface area contributed by atoms with Crippen molar-refractivity contribution >= 4 is 82.0 Å². The minimum atomic E-state index is -1.77. The number of likely N-dealkylation sites (N-methyl/N-ethyl adjacent to an activating group) is 7. The van der Waals surface area contributed by atoms with Crippen LogP contribution < -0.4 is 21.3 Å². The Morgan fingerprint density at radius 1 is 0.559 bits per heavy atom. The zero-order valence-corrected chi connectivity index (χ0v) is 65.0. The molecule has 0 unspecified atom stereocenters. The Morgan fingerprint density at radius 3 is 1.58 bits per heavy atom. The summed E-state index contributed by atoms with van der Waals surface area (Å²) in [6.45, 7) is 30.6. The summed E-state index contributed by atoms with van der Waals surface area (Å²) in [5, 5.41) is 23.7. The van der Waals surface area contributed by atoms with Gasteiger partial charge in [0.25, 0.3) is 0 Å². The van der Waals surface area contributed by atoms with E-state index < -0.39 is 162 Å². The predicted octanol–water partition coefficient (Wildman–Crippen LogP) is 2.91. The average Bonchev–Trinajstić information content (AvgIpc) is 1.15. The van der Waals surface area contributed by atoms with Crippen molar-refractivity contribution < 1.29 is 72.1 Å². The maximum atomic E-state index is 15.6. The highest BCUT2D eigenvalue weighted by Crippen LogP contribution is 2.27. The zero-order chi connectivity index (χ0) is 77.2. The van der Waals surface area contributed by atoms with Crippen LogP contribution in [0.25, 0.3) is 11.0 Å². The number of aromatic nitrogens is 2. The van der Waals surface area contributed by atoms with Crippen molar-refractivity contribution in [3.63, 3.8) is 0 Å². The van der Waals surface area contributed by atoms with Gasteiger partial charge in [0, 0.05) is 75.4 Å². The lowest BCUT2D eigenvalue weighted by Crippen LogP contribution is -2.63. The maximum absolute atomic E-state index is 15.6. The fourth-order valence-corrected chi connectivity index (χ4v) is 13.1. The largest absolute Gasteiger partial charge is 0.461 e. The average molecular weight is 1440 g/mol. The van der Waals surface area contributed by atoms with Crippen LogP contribution in [0.3, 0.4) is 0 Å². The normalized spacial score (nSPS) is 25.4. The summed E-state index contributed by atoms with van der Waals surface area (Å²) < 4.78 is 11.0. The third kappa shape index (κ3) is 23.4. The molecule has 574 valence electrons. The lowest BCUT2D eigenvalue weighted by Gasteiger charge is -2.41. The molecule has 0 bridgehead atoms. The molecule has 1 aromatic carbocycles. The number of morpholine rings is 1. The van der Waals surface area contributed by atoms with Gasteiger partial charge in [-0.15, -0.1) is 0 Å². The number of aliphatic hydroxyl groups is 1. The number of aromatic amines is 1. The Morgan fingerprint density at radius 2 is 1.05 bits per heavy atom. The summed E-state index contributed by atoms with van der Waals surface area (Å²) in [7, 11) is 9.79. The summed E-state index contributed by atoms with van der Waals surface area (Å²) in [6.07, 6.45) is -1.27. The van der Waals surface area contributed by atoms with E-state index in [1.54, 1.807) is 59.7 Å². The fraction of sp³-hybridized carbons (Fsp3) is 0.740. The molecule has 1 aromatic heterocycles.